The second-order valence-corrected chi connectivity index (χ2v) is 8.83. The Morgan fingerprint density at radius 2 is 1.94 bits per heavy atom. The van der Waals surface area contributed by atoms with E-state index in [1.807, 2.05) is 35.7 Å². The number of hydrogen-bond donors (Lipinski definition) is 1. The number of imidazole rings is 1. The summed E-state index contributed by atoms with van der Waals surface area (Å²) < 4.78 is 8.22. The molecule has 0 aliphatic heterocycles. The van der Waals surface area contributed by atoms with Crippen molar-refractivity contribution < 1.29 is 9.53 Å². The normalized spacial score (nSPS) is 12.1. The van der Waals surface area contributed by atoms with Gasteiger partial charge in [0, 0.05) is 13.0 Å². The van der Waals surface area contributed by atoms with E-state index in [-0.39, 0.29) is 5.91 Å². The van der Waals surface area contributed by atoms with Crippen LogP contribution in [0.1, 0.15) is 47.2 Å². The number of nitrogens with zero attached hydrogens (tertiary/aromatic N) is 2. The lowest BCUT2D eigenvalue weighted by Crippen LogP contribution is -2.26. The monoisotopic (exact) mass is 447 g/mol. The second kappa shape index (κ2) is 10.5. The number of nitrogens with one attached hydrogen (secondary N) is 1. The molecule has 0 bridgehead atoms. The molecule has 0 saturated heterocycles. The topological polar surface area (TPSA) is 56.1 Å². The fourth-order valence-electron chi connectivity index (χ4n) is 3.73. The molecule has 4 aromatic rings. The molecule has 0 aliphatic carbocycles. The Kier molecular flexibility index (Phi) is 7.22. The van der Waals surface area contributed by atoms with E-state index in [0.29, 0.717) is 32.0 Å². The van der Waals surface area contributed by atoms with Crippen molar-refractivity contribution in [1.82, 2.24) is 14.9 Å². The SMILES string of the molecule is CCC(C)c1ccc(OCCn2c(CCNC(=O)c3cccs3)nc3ccccc32)cc1. The van der Waals surface area contributed by atoms with Crippen molar-refractivity contribution in [3.05, 3.63) is 82.3 Å². The fourth-order valence-corrected chi connectivity index (χ4v) is 4.37. The van der Waals surface area contributed by atoms with Crippen molar-refractivity contribution in [3.8, 4) is 5.75 Å². The summed E-state index contributed by atoms with van der Waals surface area (Å²) in [5, 5.41) is 4.90. The number of aromatic nitrogens is 2. The van der Waals surface area contributed by atoms with Crippen LogP contribution in [0.25, 0.3) is 11.0 Å². The van der Waals surface area contributed by atoms with Gasteiger partial charge in [-0.1, -0.05) is 44.2 Å². The Morgan fingerprint density at radius 3 is 2.69 bits per heavy atom. The second-order valence-electron chi connectivity index (χ2n) is 7.88. The average Bonchev–Trinajstić information content (AvgIpc) is 3.48. The number of amides is 1. The lowest BCUT2D eigenvalue weighted by Gasteiger charge is -2.13. The van der Waals surface area contributed by atoms with E-state index >= 15 is 0 Å². The molecule has 1 N–H and O–H groups in total. The molecule has 6 heteroatoms. The van der Waals surface area contributed by atoms with Gasteiger partial charge in [-0.25, -0.2) is 4.98 Å². The minimum absolute atomic E-state index is 0.0353. The van der Waals surface area contributed by atoms with E-state index in [9.17, 15) is 4.79 Å². The summed E-state index contributed by atoms with van der Waals surface area (Å²) in [6, 6.07) is 20.2. The van der Waals surface area contributed by atoms with Gasteiger partial charge in [0.15, 0.2) is 0 Å². The van der Waals surface area contributed by atoms with E-state index in [1.165, 1.54) is 16.9 Å². The predicted octanol–water partition coefficient (Wildman–Crippen LogP) is 5.66. The minimum atomic E-state index is -0.0353. The standard InChI is InChI=1S/C26H29N3O2S/c1-3-19(2)20-10-12-21(13-11-20)31-17-16-29-23-8-5-4-7-22(23)28-25(29)14-15-27-26(30)24-9-6-18-32-24/h4-13,18-19H,3,14-17H2,1-2H3,(H,27,30). The zero-order chi connectivity index (χ0) is 22.3. The molecule has 1 unspecified atom stereocenters. The summed E-state index contributed by atoms with van der Waals surface area (Å²) in [7, 11) is 0. The summed E-state index contributed by atoms with van der Waals surface area (Å²) >= 11 is 1.45. The molecule has 0 fully saturated rings. The Bertz CT molecular complexity index is 1150. The summed E-state index contributed by atoms with van der Waals surface area (Å²) in [6.45, 7) is 6.23. The van der Waals surface area contributed by atoms with Crippen LogP contribution in [0.4, 0.5) is 0 Å². The zero-order valence-electron chi connectivity index (χ0n) is 18.6. The molecular formula is C26H29N3O2S. The van der Waals surface area contributed by atoms with Gasteiger partial charge >= 0.3 is 0 Å². The number of carbonyl (C=O) groups is 1. The van der Waals surface area contributed by atoms with Crippen molar-refractivity contribution in [3.63, 3.8) is 0 Å². The number of ether oxygens (including phenoxy) is 1. The first-order chi connectivity index (χ1) is 15.7. The van der Waals surface area contributed by atoms with Crippen LogP contribution in [-0.4, -0.2) is 28.6 Å². The van der Waals surface area contributed by atoms with Crippen LogP contribution in [0.2, 0.25) is 0 Å². The lowest BCUT2D eigenvalue weighted by molar-refractivity contribution is 0.0958. The van der Waals surface area contributed by atoms with Gasteiger partial charge in [0.05, 0.1) is 22.5 Å². The van der Waals surface area contributed by atoms with Crippen molar-refractivity contribution in [2.45, 2.75) is 39.2 Å². The Labute approximate surface area is 193 Å². The first kappa shape index (κ1) is 22.1. The number of para-hydroxylation sites is 2. The van der Waals surface area contributed by atoms with Crippen LogP contribution in [-0.2, 0) is 13.0 Å². The maximum absolute atomic E-state index is 12.2. The van der Waals surface area contributed by atoms with Gasteiger partial charge < -0.3 is 14.6 Å². The predicted molar refractivity (Wildman–Crippen MR) is 131 cm³/mol. The summed E-state index contributed by atoms with van der Waals surface area (Å²) in [4.78, 5) is 17.7. The van der Waals surface area contributed by atoms with Crippen LogP contribution < -0.4 is 10.1 Å². The molecule has 0 spiro atoms. The molecule has 2 heterocycles. The maximum Gasteiger partial charge on any atom is 0.261 e. The summed E-state index contributed by atoms with van der Waals surface area (Å²) in [6.07, 6.45) is 1.79. The van der Waals surface area contributed by atoms with Crippen LogP contribution in [0.3, 0.4) is 0 Å². The van der Waals surface area contributed by atoms with Crippen molar-refractivity contribution >= 4 is 28.3 Å². The first-order valence-corrected chi connectivity index (χ1v) is 12.0. The van der Waals surface area contributed by atoms with Crippen molar-refractivity contribution in [1.29, 1.82) is 0 Å². The number of benzene rings is 2. The highest BCUT2D eigenvalue weighted by Gasteiger charge is 2.12. The molecule has 5 nitrogen and oxygen atoms in total. The summed E-state index contributed by atoms with van der Waals surface area (Å²) in [5.41, 5.74) is 3.39. The summed E-state index contributed by atoms with van der Waals surface area (Å²) in [5.74, 6) is 2.36. The van der Waals surface area contributed by atoms with Gasteiger partial charge in [-0.05, 0) is 53.6 Å². The molecule has 2 aromatic heterocycles. The van der Waals surface area contributed by atoms with Gasteiger partial charge in [-0.15, -0.1) is 11.3 Å². The highest BCUT2D eigenvalue weighted by molar-refractivity contribution is 7.12. The maximum atomic E-state index is 12.2. The van der Waals surface area contributed by atoms with Crippen LogP contribution in [0.5, 0.6) is 5.75 Å². The Balaban J connectivity index is 1.39. The molecule has 1 amide bonds. The first-order valence-electron chi connectivity index (χ1n) is 11.1. The van der Waals surface area contributed by atoms with Crippen LogP contribution in [0.15, 0.2) is 66.0 Å². The number of thiophene rings is 1. The van der Waals surface area contributed by atoms with E-state index in [2.05, 4.69) is 54.1 Å². The van der Waals surface area contributed by atoms with Crippen LogP contribution >= 0.6 is 11.3 Å². The fraction of sp³-hybridized carbons (Fsp3) is 0.308. The average molecular weight is 448 g/mol. The number of carbonyl (C=O) groups excluding carboxylic acids is 1. The van der Waals surface area contributed by atoms with Gasteiger partial charge in [0.1, 0.15) is 18.2 Å². The Hall–Kier alpha value is -3.12. The highest BCUT2D eigenvalue weighted by Crippen LogP contribution is 2.22. The van der Waals surface area contributed by atoms with E-state index < -0.39 is 0 Å². The molecule has 4 rings (SSSR count). The smallest absolute Gasteiger partial charge is 0.261 e. The number of rotatable bonds is 10. The molecule has 0 saturated carbocycles. The third-order valence-electron chi connectivity index (χ3n) is 5.76. The molecule has 0 radical (unpaired) electrons. The molecule has 0 aliphatic rings. The van der Waals surface area contributed by atoms with Gasteiger partial charge in [-0.2, -0.15) is 0 Å². The van der Waals surface area contributed by atoms with Gasteiger partial charge in [-0.3, -0.25) is 4.79 Å². The van der Waals surface area contributed by atoms with Crippen LogP contribution in [0, 0.1) is 0 Å². The zero-order valence-corrected chi connectivity index (χ0v) is 19.4. The van der Waals surface area contributed by atoms with Crippen molar-refractivity contribution in [2.24, 2.45) is 0 Å². The molecule has 166 valence electrons. The highest BCUT2D eigenvalue weighted by atomic mass is 32.1. The third kappa shape index (κ3) is 5.19. The largest absolute Gasteiger partial charge is 0.492 e. The molecule has 1 atom stereocenters. The molecule has 2 aromatic carbocycles. The Morgan fingerprint density at radius 1 is 1.12 bits per heavy atom. The van der Waals surface area contributed by atoms with E-state index in [1.54, 1.807) is 0 Å². The number of hydrogen-bond acceptors (Lipinski definition) is 4. The number of fused-ring (bicyclic) bond motifs is 1. The molecule has 32 heavy (non-hydrogen) atoms. The van der Waals surface area contributed by atoms with Gasteiger partial charge in [0.2, 0.25) is 0 Å². The molecular weight excluding hydrogens is 418 g/mol. The third-order valence-corrected chi connectivity index (χ3v) is 6.63. The lowest BCUT2D eigenvalue weighted by atomic mass is 9.99. The quantitative estimate of drug-likeness (QED) is 0.341. The minimum Gasteiger partial charge on any atom is -0.492 e. The van der Waals surface area contributed by atoms with E-state index in [0.717, 1.165) is 33.9 Å². The van der Waals surface area contributed by atoms with Crippen molar-refractivity contribution in [2.75, 3.05) is 13.2 Å². The van der Waals surface area contributed by atoms with E-state index in [4.69, 9.17) is 9.72 Å². The van der Waals surface area contributed by atoms with Gasteiger partial charge in [0.25, 0.3) is 5.91 Å².